The maximum absolute atomic E-state index is 12.5. The number of nitrogens with zero attached hydrogens (tertiary/aromatic N) is 1. The molecule has 0 aliphatic rings. The van der Waals surface area contributed by atoms with E-state index in [-0.39, 0.29) is 28.3 Å². The molecule has 4 aromatic rings. The number of rotatable bonds is 5. The molecule has 4 N–H and O–H groups in total. The van der Waals surface area contributed by atoms with E-state index in [0.29, 0.717) is 21.5 Å². The van der Waals surface area contributed by atoms with Gasteiger partial charge in [-0.15, -0.1) is 0 Å². The van der Waals surface area contributed by atoms with E-state index < -0.39 is 21.6 Å². The van der Waals surface area contributed by atoms with Gasteiger partial charge in [-0.1, -0.05) is 23.7 Å². The van der Waals surface area contributed by atoms with Gasteiger partial charge in [0.25, 0.3) is 5.56 Å². The second kappa shape index (κ2) is 7.69. The molecule has 8 nitrogen and oxygen atoms in total. The molecule has 0 radical (unpaired) electrons. The first-order valence-corrected chi connectivity index (χ1v) is 10.9. The van der Waals surface area contributed by atoms with E-state index in [2.05, 4.69) is 4.98 Å². The number of carbonyl (C=O) groups is 1. The van der Waals surface area contributed by atoms with Crippen LogP contribution in [0, 0.1) is 0 Å². The van der Waals surface area contributed by atoms with Crippen LogP contribution in [0.25, 0.3) is 22.0 Å². The SMILES string of the molecule is NS(=O)(=O)c1ccc(Cn2c(C(=O)O)c(-c3ccc[nH]c3=O)c3cc(Cl)ccc32)cc1. The number of pyridine rings is 1. The molecule has 0 aliphatic heterocycles. The fourth-order valence-corrected chi connectivity index (χ4v) is 4.26. The van der Waals surface area contributed by atoms with E-state index in [1.165, 1.54) is 18.3 Å². The molecule has 0 spiro atoms. The lowest BCUT2D eigenvalue weighted by Gasteiger charge is -2.10. The van der Waals surface area contributed by atoms with Gasteiger partial charge < -0.3 is 14.7 Å². The average molecular weight is 458 g/mol. The van der Waals surface area contributed by atoms with Crippen LogP contribution in [-0.4, -0.2) is 29.0 Å². The van der Waals surface area contributed by atoms with Crippen molar-refractivity contribution in [1.82, 2.24) is 9.55 Å². The highest BCUT2D eigenvalue weighted by atomic mass is 35.5. The summed E-state index contributed by atoms with van der Waals surface area (Å²) in [6, 6.07) is 13.9. The van der Waals surface area contributed by atoms with Crippen molar-refractivity contribution in [2.75, 3.05) is 0 Å². The fourth-order valence-electron chi connectivity index (χ4n) is 3.57. The Kier molecular flexibility index (Phi) is 5.18. The van der Waals surface area contributed by atoms with Crippen LogP contribution in [0.1, 0.15) is 16.1 Å². The Morgan fingerprint density at radius 1 is 1.13 bits per heavy atom. The van der Waals surface area contributed by atoms with Crippen molar-refractivity contribution in [3.63, 3.8) is 0 Å². The number of carboxylic acid groups (broad SMARTS) is 1. The van der Waals surface area contributed by atoms with Crippen molar-refractivity contribution in [3.8, 4) is 11.1 Å². The maximum atomic E-state index is 12.5. The predicted molar refractivity (Wildman–Crippen MR) is 117 cm³/mol. The molecule has 2 heterocycles. The molecule has 0 saturated heterocycles. The standard InChI is InChI=1S/C21H16ClN3O5S/c22-13-5-8-17-16(10-13)18(15-2-1-9-24-20(15)26)19(21(27)28)25(17)11-12-3-6-14(7-4-12)31(23,29)30/h1-10H,11H2,(H,24,26)(H,27,28)(H2,23,29,30). The number of H-pyrrole nitrogens is 1. The number of nitrogens with two attached hydrogens (primary N) is 1. The molecule has 4 rings (SSSR count). The van der Waals surface area contributed by atoms with Gasteiger partial charge in [0, 0.05) is 39.8 Å². The number of halogens is 1. The van der Waals surface area contributed by atoms with Crippen LogP contribution in [0.15, 0.2) is 70.5 Å². The Morgan fingerprint density at radius 3 is 2.45 bits per heavy atom. The average Bonchev–Trinajstić information content (AvgIpc) is 3.01. The molecular formula is C21H16ClN3O5S. The number of carboxylic acids is 1. The zero-order chi connectivity index (χ0) is 22.3. The van der Waals surface area contributed by atoms with Crippen LogP contribution in [-0.2, 0) is 16.6 Å². The molecule has 31 heavy (non-hydrogen) atoms. The van der Waals surface area contributed by atoms with Crippen molar-refractivity contribution in [2.24, 2.45) is 5.14 Å². The maximum Gasteiger partial charge on any atom is 0.353 e. The molecule has 0 bridgehead atoms. The zero-order valence-electron chi connectivity index (χ0n) is 15.9. The molecule has 158 valence electrons. The lowest BCUT2D eigenvalue weighted by molar-refractivity contribution is 0.0687. The van der Waals surface area contributed by atoms with Crippen molar-refractivity contribution < 1.29 is 18.3 Å². The van der Waals surface area contributed by atoms with Gasteiger partial charge in [0.05, 0.1) is 4.90 Å². The number of hydrogen-bond donors (Lipinski definition) is 3. The molecule has 2 aromatic carbocycles. The van der Waals surface area contributed by atoms with E-state index >= 15 is 0 Å². The van der Waals surface area contributed by atoms with Crippen LogP contribution in [0.4, 0.5) is 0 Å². The van der Waals surface area contributed by atoms with Crippen LogP contribution < -0.4 is 10.7 Å². The number of fused-ring (bicyclic) bond motifs is 1. The van der Waals surface area contributed by atoms with Crippen molar-refractivity contribution in [2.45, 2.75) is 11.4 Å². The Morgan fingerprint density at radius 2 is 1.84 bits per heavy atom. The number of benzene rings is 2. The third-order valence-corrected chi connectivity index (χ3v) is 6.07. The van der Waals surface area contributed by atoms with Gasteiger partial charge in [-0.3, -0.25) is 4.79 Å². The molecule has 0 atom stereocenters. The quantitative estimate of drug-likeness (QED) is 0.423. The molecule has 0 saturated carbocycles. The van der Waals surface area contributed by atoms with Crippen LogP contribution in [0.5, 0.6) is 0 Å². The Bertz CT molecular complexity index is 1490. The van der Waals surface area contributed by atoms with E-state index in [9.17, 15) is 23.1 Å². The second-order valence-electron chi connectivity index (χ2n) is 6.88. The monoisotopic (exact) mass is 457 g/mol. The minimum Gasteiger partial charge on any atom is -0.477 e. The van der Waals surface area contributed by atoms with Crippen LogP contribution in [0.3, 0.4) is 0 Å². The number of nitrogens with one attached hydrogen (secondary N) is 1. The molecule has 2 aromatic heterocycles. The van der Waals surface area contributed by atoms with E-state index in [1.54, 1.807) is 47.0 Å². The van der Waals surface area contributed by atoms with Gasteiger partial charge in [0.2, 0.25) is 10.0 Å². The van der Waals surface area contributed by atoms with Crippen molar-refractivity contribution in [3.05, 3.63) is 87.4 Å². The molecule has 0 amide bonds. The third kappa shape index (κ3) is 3.86. The summed E-state index contributed by atoms with van der Waals surface area (Å²) < 4.78 is 24.5. The highest BCUT2D eigenvalue weighted by Gasteiger charge is 2.25. The number of primary sulfonamides is 1. The number of sulfonamides is 1. The predicted octanol–water partition coefficient (Wildman–Crippen LogP) is 3.04. The van der Waals surface area contributed by atoms with E-state index in [4.69, 9.17) is 16.7 Å². The summed E-state index contributed by atoms with van der Waals surface area (Å²) in [4.78, 5) is 27.3. The zero-order valence-corrected chi connectivity index (χ0v) is 17.4. The molecule has 10 heteroatoms. The highest BCUT2D eigenvalue weighted by molar-refractivity contribution is 7.89. The summed E-state index contributed by atoms with van der Waals surface area (Å²) >= 11 is 6.17. The Balaban J connectivity index is 1.98. The van der Waals surface area contributed by atoms with Gasteiger partial charge >= 0.3 is 5.97 Å². The van der Waals surface area contributed by atoms with Gasteiger partial charge in [0.15, 0.2) is 0 Å². The van der Waals surface area contributed by atoms with E-state index in [0.717, 1.165) is 0 Å². The summed E-state index contributed by atoms with van der Waals surface area (Å²) in [5.74, 6) is -1.22. The number of aromatic carboxylic acids is 1. The summed E-state index contributed by atoms with van der Waals surface area (Å²) in [7, 11) is -3.84. The normalized spacial score (nSPS) is 11.7. The minimum absolute atomic E-state index is 0.0460. The van der Waals surface area contributed by atoms with Gasteiger partial charge in [-0.25, -0.2) is 18.4 Å². The molecular weight excluding hydrogens is 442 g/mol. The second-order valence-corrected chi connectivity index (χ2v) is 8.88. The van der Waals surface area contributed by atoms with Gasteiger partial charge in [0.1, 0.15) is 5.69 Å². The van der Waals surface area contributed by atoms with Gasteiger partial charge in [-0.05, 0) is 48.0 Å². The molecule has 0 fully saturated rings. The minimum atomic E-state index is -3.84. The number of hydrogen-bond acceptors (Lipinski definition) is 4. The first-order chi connectivity index (χ1) is 14.7. The third-order valence-electron chi connectivity index (χ3n) is 4.91. The molecule has 0 unspecified atom stereocenters. The van der Waals surface area contributed by atoms with Crippen LogP contribution >= 0.6 is 11.6 Å². The van der Waals surface area contributed by atoms with Gasteiger partial charge in [-0.2, -0.15) is 0 Å². The fraction of sp³-hybridized carbons (Fsp3) is 0.0476. The topological polar surface area (TPSA) is 135 Å². The summed E-state index contributed by atoms with van der Waals surface area (Å²) in [5, 5.41) is 16.1. The summed E-state index contributed by atoms with van der Waals surface area (Å²) in [6.45, 7) is 0.120. The summed E-state index contributed by atoms with van der Waals surface area (Å²) in [6.07, 6.45) is 1.46. The Labute approximate surface area is 181 Å². The Hall–Kier alpha value is -3.40. The lowest BCUT2D eigenvalue weighted by Crippen LogP contribution is -2.14. The van der Waals surface area contributed by atoms with E-state index in [1.807, 2.05) is 0 Å². The van der Waals surface area contributed by atoms with Crippen molar-refractivity contribution in [1.29, 1.82) is 0 Å². The lowest BCUT2D eigenvalue weighted by atomic mass is 10.0. The number of aromatic nitrogens is 2. The highest BCUT2D eigenvalue weighted by Crippen LogP contribution is 2.35. The first-order valence-electron chi connectivity index (χ1n) is 9.01. The number of aromatic amines is 1. The largest absolute Gasteiger partial charge is 0.477 e. The van der Waals surface area contributed by atoms with Crippen molar-refractivity contribution >= 4 is 38.5 Å². The smallest absolute Gasteiger partial charge is 0.353 e. The van der Waals surface area contributed by atoms with Crippen LogP contribution in [0.2, 0.25) is 5.02 Å². The first kappa shape index (κ1) is 20.9. The summed E-state index contributed by atoms with van der Waals surface area (Å²) in [5.41, 5.74) is 1.17. The molecule has 0 aliphatic carbocycles.